The monoisotopic (exact) mass is 200 g/mol. The SMILES string of the molecule is C1=CC12CCC(OCc1ccccc1)C2. The van der Waals surface area contributed by atoms with Gasteiger partial charge in [-0.3, -0.25) is 0 Å². The fourth-order valence-electron chi connectivity index (χ4n) is 2.41. The summed E-state index contributed by atoms with van der Waals surface area (Å²) in [4.78, 5) is 0. The molecule has 1 aromatic rings. The molecule has 1 saturated carbocycles. The highest BCUT2D eigenvalue weighted by atomic mass is 16.5. The summed E-state index contributed by atoms with van der Waals surface area (Å²) in [5.74, 6) is 0. The summed E-state index contributed by atoms with van der Waals surface area (Å²) < 4.78 is 5.92. The first kappa shape index (κ1) is 9.17. The summed E-state index contributed by atoms with van der Waals surface area (Å²) in [6.07, 6.45) is 8.87. The average molecular weight is 200 g/mol. The molecule has 15 heavy (non-hydrogen) atoms. The lowest BCUT2D eigenvalue weighted by Crippen LogP contribution is -2.09. The van der Waals surface area contributed by atoms with Crippen molar-refractivity contribution in [2.45, 2.75) is 32.0 Å². The molecule has 0 heterocycles. The second kappa shape index (κ2) is 3.49. The Labute approximate surface area is 90.8 Å². The first-order chi connectivity index (χ1) is 7.36. The molecule has 0 saturated heterocycles. The lowest BCUT2D eigenvalue weighted by Gasteiger charge is -2.12. The Hall–Kier alpha value is -1.08. The van der Waals surface area contributed by atoms with E-state index in [-0.39, 0.29) is 0 Å². The van der Waals surface area contributed by atoms with Gasteiger partial charge in [0, 0.05) is 5.41 Å². The first-order valence-electron chi connectivity index (χ1n) is 5.72. The van der Waals surface area contributed by atoms with Gasteiger partial charge < -0.3 is 4.74 Å². The Morgan fingerprint density at radius 2 is 2.00 bits per heavy atom. The molecule has 0 bridgehead atoms. The predicted octanol–water partition coefficient (Wildman–Crippen LogP) is 3.31. The Morgan fingerprint density at radius 1 is 1.20 bits per heavy atom. The lowest BCUT2D eigenvalue weighted by molar-refractivity contribution is 0.0429. The summed E-state index contributed by atoms with van der Waals surface area (Å²) in [6, 6.07) is 10.4. The highest BCUT2D eigenvalue weighted by Gasteiger charge is 2.42. The molecule has 0 radical (unpaired) electrons. The van der Waals surface area contributed by atoms with Crippen LogP contribution in [0.3, 0.4) is 0 Å². The highest BCUT2D eigenvalue weighted by Crippen LogP contribution is 2.50. The van der Waals surface area contributed by atoms with Crippen molar-refractivity contribution in [1.29, 1.82) is 0 Å². The molecule has 78 valence electrons. The zero-order chi connectivity index (χ0) is 10.1. The molecule has 2 aliphatic carbocycles. The summed E-state index contributed by atoms with van der Waals surface area (Å²) in [7, 11) is 0. The quantitative estimate of drug-likeness (QED) is 0.680. The molecular formula is C14H16O. The van der Waals surface area contributed by atoms with Crippen LogP contribution in [0.1, 0.15) is 24.8 Å². The van der Waals surface area contributed by atoms with Gasteiger partial charge in [-0.05, 0) is 24.8 Å². The third-order valence-corrected chi connectivity index (χ3v) is 3.51. The smallest absolute Gasteiger partial charge is 0.0720 e. The maximum atomic E-state index is 5.92. The normalized spacial score (nSPS) is 26.0. The van der Waals surface area contributed by atoms with E-state index in [1.54, 1.807) is 0 Å². The Morgan fingerprint density at radius 3 is 2.67 bits per heavy atom. The van der Waals surface area contributed by atoms with Gasteiger partial charge in [0.15, 0.2) is 0 Å². The number of rotatable bonds is 3. The minimum absolute atomic E-state index is 0.472. The standard InChI is InChI=1S/C14H16O/c1-2-4-12(5-3-1)11-15-13-6-7-14(10-13)8-9-14/h1-5,8-9,13H,6-7,10-11H2. The number of hydrogen-bond donors (Lipinski definition) is 0. The van der Waals surface area contributed by atoms with Crippen molar-refractivity contribution < 1.29 is 4.74 Å². The van der Waals surface area contributed by atoms with E-state index < -0.39 is 0 Å². The number of allylic oxidation sites excluding steroid dienone is 2. The van der Waals surface area contributed by atoms with Crippen molar-refractivity contribution >= 4 is 0 Å². The molecule has 1 spiro atoms. The number of ether oxygens (including phenoxy) is 1. The van der Waals surface area contributed by atoms with E-state index in [4.69, 9.17) is 4.74 Å². The fraction of sp³-hybridized carbons (Fsp3) is 0.429. The molecule has 0 aliphatic heterocycles. The van der Waals surface area contributed by atoms with Crippen molar-refractivity contribution in [2.24, 2.45) is 5.41 Å². The van der Waals surface area contributed by atoms with Crippen molar-refractivity contribution in [3.63, 3.8) is 0 Å². The largest absolute Gasteiger partial charge is 0.373 e. The lowest BCUT2D eigenvalue weighted by atomic mass is 10.0. The van der Waals surface area contributed by atoms with Crippen molar-refractivity contribution in [1.82, 2.24) is 0 Å². The molecule has 1 atom stereocenters. The highest BCUT2D eigenvalue weighted by molar-refractivity contribution is 5.28. The van der Waals surface area contributed by atoms with Gasteiger partial charge in [0.1, 0.15) is 0 Å². The molecule has 1 aromatic carbocycles. The van der Waals surface area contributed by atoms with E-state index in [1.165, 1.54) is 24.8 Å². The van der Waals surface area contributed by atoms with Gasteiger partial charge in [-0.2, -0.15) is 0 Å². The van der Waals surface area contributed by atoms with Crippen LogP contribution in [0, 0.1) is 5.41 Å². The molecule has 2 aliphatic rings. The second-order valence-corrected chi connectivity index (χ2v) is 4.73. The second-order valence-electron chi connectivity index (χ2n) is 4.73. The van der Waals surface area contributed by atoms with Gasteiger partial charge >= 0.3 is 0 Å². The zero-order valence-electron chi connectivity index (χ0n) is 8.86. The zero-order valence-corrected chi connectivity index (χ0v) is 8.86. The van der Waals surface area contributed by atoms with Crippen molar-refractivity contribution in [2.75, 3.05) is 0 Å². The van der Waals surface area contributed by atoms with Crippen LogP contribution < -0.4 is 0 Å². The molecule has 1 unspecified atom stereocenters. The van der Waals surface area contributed by atoms with E-state index in [0.29, 0.717) is 11.5 Å². The van der Waals surface area contributed by atoms with Crippen LogP contribution in [0.25, 0.3) is 0 Å². The third kappa shape index (κ3) is 1.98. The van der Waals surface area contributed by atoms with E-state index in [2.05, 4.69) is 36.4 Å². The van der Waals surface area contributed by atoms with Crippen LogP contribution in [-0.4, -0.2) is 6.10 Å². The Bertz CT molecular complexity index is 360. The molecule has 1 nitrogen and oxygen atoms in total. The maximum absolute atomic E-state index is 5.92. The van der Waals surface area contributed by atoms with Gasteiger partial charge in [0.25, 0.3) is 0 Å². The van der Waals surface area contributed by atoms with Crippen molar-refractivity contribution in [3.8, 4) is 0 Å². The van der Waals surface area contributed by atoms with Gasteiger partial charge in [0.2, 0.25) is 0 Å². The molecular weight excluding hydrogens is 184 g/mol. The third-order valence-electron chi connectivity index (χ3n) is 3.51. The summed E-state index contributed by atoms with van der Waals surface area (Å²) in [6.45, 7) is 0.765. The van der Waals surface area contributed by atoms with Crippen LogP contribution in [-0.2, 0) is 11.3 Å². The summed E-state index contributed by atoms with van der Waals surface area (Å²) in [5.41, 5.74) is 1.77. The van der Waals surface area contributed by atoms with E-state index >= 15 is 0 Å². The topological polar surface area (TPSA) is 9.23 Å². The van der Waals surface area contributed by atoms with Gasteiger partial charge in [-0.15, -0.1) is 0 Å². The van der Waals surface area contributed by atoms with Crippen LogP contribution in [0.15, 0.2) is 42.5 Å². The minimum Gasteiger partial charge on any atom is -0.373 e. The minimum atomic E-state index is 0.472. The number of benzene rings is 1. The van der Waals surface area contributed by atoms with Crippen molar-refractivity contribution in [3.05, 3.63) is 48.0 Å². The molecule has 0 N–H and O–H groups in total. The van der Waals surface area contributed by atoms with E-state index in [9.17, 15) is 0 Å². The van der Waals surface area contributed by atoms with Gasteiger partial charge in [0.05, 0.1) is 12.7 Å². The van der Waals surface area contributed by atoms with Crippen LogP contribution in [0.4, 0.5) is 0 Å². The average Bonchev–Trinajstić information content (AvgIpc) is 2.90. The number of hydrogen-bond acceptors (Lipinski definition) is 1. The summed E-state index contributed by atoms with van der Waals surface area (Å²) >= 11 is 0. The molecule has 1 heteroatoms. The Balaban J connectivity index is 1.51. The van der Waals surface area contributed by atoms with Gasteiger partial charge in [-0.25, -0.2) is 0 Å². The van der Waals surface area contributed by atoms with E-state index in [0.717, 1.165) is 6.61 Å². The molecule has 1 fully saturated rings. The first-order valence-corrected chi connectivity index (χ1v) is 5.72. The predicted molar refractivity (Wildman–Crippen MR) is 60.4 cm³/mol. The fourth-order valence-corrected chi connectivity index (χ4v) is 2.41. The summed E-state index contributed by atoms with van der Waals surface area (Å²) in [5, 5.41) is 0. The van der Waals surface area contributed by atoms with E-state index in [1.807, 2.05) is 6.07 Å². The van der Waals surface area contributed by atoms with Crippen LogP contribution in [0.2, 0.25) is 0 Å². The van der Waals surface area contributed by atoms with Crippen LogP contribution >= 0.6 is 0 Å². The Kier molecular flexibility index (Phi) is 2.14. The molecule has 0 amide bonds. The molecule has 3 rings (SSSR count). The maximum Gasteiger partial charge on any atom is 0.0720 e. The molecule has 0 aromatic heterocycles. The van der Waals surface area contributed by atoms with Gasteiger partial charge in [-0.1, -0.05) is 42.5 Å². The van der Waals surface area contributed by atoms with Crippen LogP contribution in [0.5, 0.6) is 0 Å².